The highest BCUT2D eigenvalue weighted by Gasteiger charge is 2.50. The molecule has 0 spiro atoms. The topological polar surface area (TPSA) is 89.5 Å². The first-order valence-electron chi connectivity index (χ1n) is 12.5. The average Bonchev–Trinajstić information content (AvgIpc) is 3.46. The van der Waals surface area contributed by atoms with Gasteiger partial charge in [-0.3, -0.25) is 0 Å². The minimum Gasteiger partial charge on any atom is -0.452 e. The number of benzene rings is 2. The molecule has 2 heterocycles. The van der Waals surface area contributed by atoms with Crippen molar-refractivity contribution in [3.05, 3.63) is 83.9 Å². The summed E-state index contributed by atoms with van der Waals surface area (Å²) >= 11 is 0. The molecule has 4 atom stereocenters. The Morgan fingerprint density at radius 1 is 0.737 bits per heavy atom. The van der Waals surface area contributed by atoms with Gasteiger partial charge >= 0.3 is 11.9 Å². The van der Waals surface area contributed by atoms with E-state index in [4.69, 9.17) is 28.4 Å². The average molecular weight is 523 g/mol. The van der Waals surface area contributed by atoms with Crippen LogP contribution < -0.4 is 0 Å². The number of carbonyl (C=O) groups is 2. The summed E-state index contributed by atoms with van der Waals surface area (Å²) in [6.45, 7) is 14.8. The van der Waals surface area contributed by atoms with Gasteiger partial charge in [-0.2, -0.15) is 0 Å². The fraction of sp³-hybridized carbons (Fsp3) is 0.400. The van der Waals surface area contributed by atoms with Crippen molar-refractivity contribution in [2.24, 2.45) is 0 Å². The monoisotopic (exact) mass is 522 g/mol. The molecule has 2 saturated heterocycles. The van der Waals surface area contributed by atoms with Crippen LogP contribution in [0.4, 0.5) is 0 Å². The maximum Gasteiger partial charge on any atom is 0.338 e. The van der Waals surface area contributed by atoms with Crippen LogP contribution in [0.2, 0.25) is 0 Å². The number of rotatable bonds is 9. The van der Waals surface area contributed by atoms with Crippen LogP contribution in [-0.4, -0.2) is 61.1 Å². The lowest BCUT2D eigenvalue weighted by atomic mass is 10.0. The van der Waals surface area contributed by atoms with Crippen LogP contribution in [0, 0.1) is 0 Å². The normalized spacial score (nSPS) is 23.3. The van der Waals surface area contributed by atoms with Crippen molar-refractivity contribution in [2.45, 2.75) is 63.7 Å². The van der Waals surface area contributed by atoms with Crippen molar-refractivity contribution in [3.63, 3.8) is 0 Å². The van der Waals surface area contributed by atoms with Gasteiger partial charge in [0.2, 0.25) is 0 Å². The predicted octanol–water partition coefficient (Wildman–Crippen LogP) is 5.03. The molecule has 2 aromatic carbocycles. The Kier molecular flexibility index (Phi) is 8.18. The molecule has 0 N–H and O–H groups in total. The van der Waals surface area contributed by atoms with E-state index in [1.54, 1.807) is 88.4 Å². The van der Waals surface area contributed by atoms with Gasteiger partial charge < -0.3 is 28.4 Å². The minimum absolute atomic E-state index is 0.124. The molecule has 2 aliphatic rings. The van der Waals surface area contributed by atoms with Gasteiger partial charge in [-0.1, -0.05) is 49.6 Å². The standard InChI is InChI=1S/C30H34O8/c1-7-19-9-13-21(14-10-19)27(31)35-25(23-17-33-29(3,4)37-23)26(24-18-34-30(5,6)38-24)36-28(32)22-15-11-20(8-2)12-16-22/h7-16,23-26H,1-2,17-18H2,3-6H3/t23-,24-,25+,26+/m0/s1. The van der Waals surface area contributed by atoms with Crippen LogP contribution in [0.5, 0.6) is 0 Å². The van der Waals surface area contributed by atoms with Gasteiger partial charge in [-0.05, 0) is 63.1 Å². The molecule has 0 radical (unpaired) electrons. The molecule has 2 aromatic rings. The lowest BCUT2D eigenvalue weighted by Crippen LogP contribution is -2.51. The Balaban J connectivity index is 1.66. The molecule has 2 fully saturated rings. The Morgan fingerprint density at radius 2 is 1.08 bits per heavy atom. The SMILES string of the molecule is C=Cc1ccc(C(=O)O[C@@H]([C@H](OC(=O)c2ccc(C=C)cc2)[C@@H]2COC(C)(C)O2)[C@@H]2COC(C)(C)O2)cc1. The summed E-state index contributed by atoms with van der Waals surface area (Å²) in [6.07, 6.45) is -0.200. The largest absolute Gasteiger partial charge is 0.452 e. The highest BCUT2D eigenvalue weighted by molar-refractivity contribution is 5.90. The fourth-order valence-electron chi connectivity index (χ4n) is 4.36. The van der Waals surface area contributed by atoms with Crippen molar-refractivity contribution >= 4 is 24.1 Å². The van der Waals surface area contributed by atoms with E-state index < -0.39 is 47.9 Å². The van der Waals surface area contributed by atoms with Gasteiger partial charge in [0, 0.05) is 0 Å². The Morgan fingerprint density at radius 3 is 1.34 bits per heavy atom. The molecule has 4 rings (SSSR count). The summed E-state index contributed by atoms with van der Waals surface area (Å²) in [4.78, 5) is 26.6. The Hall–Kier alpha value is -3.30. The zero-order valence-electron chi connectivity index (χ0n) is 22.2. The first-order valence-corrected chi connectivity index (χ1v) is 12.5. The molecule has 38 heavy (non-hydrogen) atoms. The van der Waals surface area contributed by atoms with Crippen LogP contribution in [0.15, 0.2) is 61.7 Å². The van der Waals surface area contributed by atoms with Gasteiger partial charge in [-0.25, -0.2) is 9.59 Å². The van der Waals surface area contributed by atoms with E-state index in [0.717, 1.165) is 11.1 Å². The predicted molar refractivity (Wildman–Crippen MR) is 141 cm³/mol. The zero-order chi connectivity index (χ0) is 27.5. The van der Waals surface area contributed by atoms with Crippen LogP contribution in [0.25, 0.3) is 12.2 Å². The summed E-state index contributed by atoms with van der Waals surface area (Å²) in [7, 11) is 0. The van der Waals surface area contributed by atoms with Gasteiger partial charge in [0.1, 0.15) is 12.2 Å². The molecule has 202 valence electrons. The van der Waals surface area contributed by atoms with E-state index in [1.807, 2.05) is 0 Å². The van der Waals surface area contributed by atoms with Gasteiger partial charge in [0.15, 0.2) is 23.8 Å². The summed E-state index contributed by atoms with van der Waals surface area (Å²) in [5, 5.41) is 0. The van der Waals surface area contributed by atoms with Crippen molar-refractivity contribution < 1.29 is 38.0 Å². The smallest absolute Gasteiger partial charge is 0.338 e. The molecule has 0 unspecified atom stereocenters. The zero-order valence-corrected chi connectivity index (χ0v) is 22.2. The second-order valence-electron chi connectivity index (χ2n) is 10.1. The maximum atomic E-state index is 13.3. The number of ether oxygens (including phenoxy) is 6. The molecule has 0 aliphatic carbocycles. The van der Waals surface area contributed by atoms with E-state index in [2.05, 4.69) is 13.2 Å². The molecule has 0 aromatic heterocycles. The van der Waals surface area contributed by atoms with Crippen molar-refractivity contribution in [1.82, 2.24) is 0 Å². The second-order valence-corrected chi connectivity index (χ2v) is 10.1. The van der Waals surface area contributed by atoms with Gasteiger partial charge in [0.25, 0.3) is 0 Å². The molecular formula is C30H34O8. The molecule has 2 aliphatic heterocycles. The number of hydrogen-bond acceptors (Lipinski definition) is 8. The first-order chi connectivity index (χ1) is 18.0. The van der Waals surface area contributed by atoms with E-state index in [9.17, 15) is 9.59 Å². The van der Waals surface area contributed by atoms with E-state index in [1.165, 1.54) is 0 Å². The van der Waals surface area contributed by atoms with Gasteiger partial charge in [-0.15, -0.1) is 0 Å². The minimum atomic E-state index is -1.05. The lowest BCUT2D eigenvalue weighted by Gasteiger charge is -2.33. The maximum absolute atomic E-state index is 13.3. The molecular weight excluding hydrogens is 488 g/mol. The Bertz CT molecular complexity index is 1070. The third kappa shape index (κ3) is 6.57. The second kappa shape index (κ2) is 11.2. The molecule has 8 nitrogen and oxygen atoms in total. The quantitative estimate of drug-likeness (QED) is 0.424. The summed E-state index contributed by atoms with van der Waals surface area (Å²) < 4.78 is 35.7. The van der Waals surface area contributed by atoms with Crippen molar-refractivity contribution in [3.8, 4) is 0 Å². The number of carbonyl (C=O) groups excluding carboxylic acids is 2. The number of esters is 2. The van der Waals surface area contributed by atoms with Crippen molar-refractivity contribution in [2.75, 3.05) is 13.2 Å². The Labute approximate surface area is 223 Å². The first kappa shape index (κ1) is 27.7. The van der Waals surface area contributed by atoms with Crippen LogP contribution >= 0.6 is 0 Å². The fourth-order valence-corrected chi connectivity index (χ4v) is 4.36. The van der Waals surface area contributed by atoms with Crippen LogP contribution in [-0.2, 0) is 28.4 Å². The molecule has 0 saturated carbocycles. The summed E-state index contributed by atoms with van der Waals surface area (Å²) in [6, 6.07) is 13.6. The van der Waals surface area contributed by atoms with Gasteiger partial charge in [0.05, 0.1) is 24.3 Å². The molecule has 0 amide bonds. The van der Waals surface area contributed by atoms with E-state index in [0.29, 0.717) is 11.1 Å². The summed E-state index contributed by atoms with van der Waals surface area (Å²) in [5.41, 5.74) is 2.38. The van der Waals surface area contributed by atoms with Crippen molar-refractivity contribution in [1.29, 1.82) is 0 Å². The van der Waals surface area contributed by atoms with E-state index >= 15 is 0 Å². The highest BCUT2D eigenvalue weighted by atomic mass is 16.8. The number of hydrogen-bond donors (Lipinski definition) is 0. The molecule has 8 heteroatoms. The van der Waals surface area contributed by atoms with E-state index in [-0.39, 0.29) is 13.2 Å². The lowest BCUT2D eigenvalue weighted by molar-refractivity contribution is -0.185. The third-order valence-electron chi connectivity index (χ3n) is 6.37. The molecule has 0 bridgehead atoms. The third-order valence-corrected chi connectivity index (χ3v) is 6.37. The highest BCUT2D eigenvalue weighted by Crippen LogP contribution is 2.33. The van der Waals surface area contributed by atoms with Crippen LogP contribution in [0.3, 0.4) is 0 Å². The summed E-state index contributed by atoms with van der Waals surface area (Å²) in [5.74, 6) is -3.04. The van der Waals surface area contributed by atoms with Crippen LogP contribution in [0.1, 0.15) is 59.5 Å².